The highest BCUT2D eigenvalue weighted by Crippen LogP contribution is 2.56. The highest BCUT2D eigenvalue weighted by atomic mass is 19.4. The van der Waals surface area contributed by atoms with Gasteiger partial charge in [-0.2, -0.15) is 39.5 Å². The molecule has 0 heterocycles. The van der Waals surface area contributed by atoms with Gasteiger partial charge in [-0.05, 0) is 78.9 Å². The summed E-state index contributed by atoms with van der Waals surface area (Å²) in [6.45, 7) is 2.55. The summed E-state index contributed by atoms with van der Waals surface area (Å²) in [6.07, 6.45) is -17.9. The van der Waals surface area contributed by atoms with E-state index in [2.05, 4.69) is 0 Å². The Morgan fingerprint density at radius 1 is 0.667 bits per heavy atom. The second-order valence-corrected chi connectivity index (χ2v) is 10.7. The number of aromatic carboxylic acids is 2. The first-order chi connectivity index (χ1) is 21.8. The summed E-state index contributed by atoms with van der Waals surface area (Å²) in [4.78, 5) is 48.8. The van der Waals surface area contributed by atoms with E-state index in [1.807, 2.05) is 5.32 Å². The first kappa shape index (κ1) is 37.5. The molecule has 0 aromatic heterocycles. The molecular weight excluding hydrogens is 669 g/mol. The fraction of sp³-hybridized carbons (Fsp3) is 0.290. The summed E-state index contributed by atoms with van der Waals surface area (Å²) in [6, 6.07) is 3.73. The van der Waals surface area contributed by atoms with E-state index in [4.69, 9.17) is 0 Å². The van der Waals surface area contributed by atoms with Gasteiger partial charge in [0.25, 0.3) is 5.91 Å². The van der Waals surface area contributed by atoms with Crippen LogP contribution >= 0.6 is 0 Å². The Morgan fingerprint density at radius 2 is 1.12 bits per heavy atom. The highest BCUT2D eigenvalue weighted by Gasteiger charge is 2.72. The van der Waals surface area contributed by atoms with Crippen LogP contribution in [0.2, 0.25) is 0 Å². The minimum atomic E-state index is -6.32. The number of nitrogens with one attached hydrogen (secondary N) is 1. The van der Waals surface area contributed by atoms with E-state index in [0.29, 0.717) is 26.0 Å². The fourth-order valence-corrected chi connectivity index (χ4v) is 5.16. The lowest BCUT2D eigenvalue weighted by atomic mass is 9.71. The Kier molecular flexibility index (Phi) is 9.84. The van der Waals surface area contributed by atoms with Crippen LogP contribution in [0, 0.1) is 0 Å². The molecule has 0 spiro atoms. The second-order valence-electron chi connectivity index (χ2n) is 10.7. The molecule has 48 heavy (non-hydrogen) atoms. The molecule has 4 N–H and O–H groups in total. The average Bonchev–Trinajstić information content (AvgIpc) is 2.94. The fourth-order valence-electron chi connectivity index (χ4n) is 5.16. The Labute approximate surface area is 264 Å². The van der Waals surface area contributed by atoms with Crippen LogP contribution in [0.15, 0.2) is 54.6 Å². The van der Waals surface area contributed by atoms with Crippen LogP contribution in [0.3, 0.4) is 0 Å². The molecule has 0 fully saturated rings. The van der Waals surface area contributed by atoms with Crippen LogP contribution in [0.5, 0.6) is 0 Å². The summed E-state index contributed by atoms with van der Waals surface area (Å²) in [7, 11) is 0. The summed E-state index contributed by atoms with van der Waals surface area (Å²) in [5.41, 5.74) is -17.6. The molecule has 3 aromatic carbocycles. The van der Waals surface area contributed by atoms with Gasteiger partial charge in [0.15, 0.2) is 11.4 Å². The molecule has 3 aromatic rings. The first-order valence-corrected chi connectivity index (χ1v) is 13.5. The molecule has 17 heteroatoms. The SMILES string of the molecule is CCc1ccc(NC(=O)c2cc(C(c3ccc(C(=O)O)c(C(C)=O)c3)(C(F)(F)F)C(F)(F)F)ccc2C(=O)O)cc1C(C)(O)C(F)(F)F. The first-order valence-electron chi connectivity index (χ1n) is 13.5. The van der Waals surface area contributed by atoms with Crippen molar-refractivity contribution in [1.82, 2.24) is 0 Å². The van der Waals surface area contributed by atoms with Gasteiger partial charge in [-0.3, -0.25) is 9.59 Å². The number of carboxylic acid groups (broad SMARTS) is 2. The third-order valence-electron chi connectivity index (χ3n) is 7.67. The number of aryl methyl sites for hydroxylation is 1. The number of carboxylic acids is 2. The van der Waals surface area contributed by atoms with Crippen molar-refractivity contribution in [3.63, 3.8) is 0 Å². The number of halogens is 9. The largest absolute Gasteiger partial charge is 0.478 e. The van der Waals surface area contributed by atoms with Crippen molar-refractivity contribution in [3.05, 3.63) is 99.1 Å². The Bertz CT molecular complexity index is 1780. The van der Waals surface area contributed by atoms with Crippen LogP contribution < -0.4 is 5.32 Å². The molecule has 1 unspecified atom stereocenters. The normalized spacial score (nSPS) is 13.9. The van der Waals surface area contributed by atoms with Gasteiger partial charge in [-0.25, -0.2) is 9.59 Å². The molecule has 1 amide bonds. The number of amides is 1. The van der Waals surface area contributed by atoms with Gasteiger partial charge in [-0.15, -0.1) is 0 Å². The molecule has 1 atom stereocenters. The predicted molar refractivity (Wildman–Crippen MR) is 149 cm³/mol. The van der Waals surface area contributed by atoms with Crippen LogP contribution in [-0.2, 0) is 17.4 Å². The molecular formula is C31H24F9NO7. The number of carbonyl (C=O) groups is 4. The van der Waals surface area contributed by atoms with Crippen LogP contribution in [0.25, 0.3) is 0 Å². The van der Waals surface area contributed by atoms with Crippen molar-refractivity contribution in [2.75, 3.05) is 5.32 Å². The lowest BCUT2D eigenvalue weighted by Crippen LogP contribution is -2.55. The van der Waals surface area contributed by atoms with Gasteiger partial charge < -0.3 is 20.6 Å². The van der Waals surface area contributed by atoms with E-state index >= 15 is 0 Å². The van der Waals surface area contributed by atoms with E-state index in [9.17, 15) is 74.0 Å². The third kappa shape index (κ3) is 6.46. The van der Waals surface area contributed by atoms with Crippen molar-refractivity contribution >= 4 is 29.3 Å². The minimum Gasteiger partial charge on any atom is -0.478 e. The van der Waals surface area contributed by atoms with Crippen molar-refractivity contribution < 1.29 is 74.0 Å². The number of Topliss-reactive ketones (excluding diaryl/α,β-unsaturated/α-hetero) is 1. The van der Waals surface area contributed by atoms with Gasteiger partial charge in [0.05, 0.1) is 16.7 Å². The second kappa shape index (κ2) is 12.6. The number of benzene rings is 3. The smallest absolute Gasteiger partial charge is 0.421 e. The molecule has 3 rings (SSSR count). The monoisotopic (exact) mass is 693 g/mol. The van der Waals surface area contributed by atoms with E-state index in [0.717, 1.165) is 12.1 Å². The van der Waals surface area contributed by atoms with Crippen molar-refractivity contribution in [2.45, 2.75) is 56.7 Å². The summed E-state index contributed by atoms with van der Waals surface area (Å²) in [5.74, 6) is -6.68. The third-order valence-corrected chi connectivity index (χ3v) is 7.67. The lowest BCUT2D eigenvalue weighted by Gasteiger charge is -2.38. The molecule has 0 aliphatic heterocycles. The average molecular weight is 694 g/mol. The number of alkyl halides is 9. The van der Waals surface area contributed by atoms with Crippen molar-refractivity contribution in [2.24, 2.45) is 0 Å². The maximum Gasteiger partial charge on any atom is 0.421 e. The zero-order chi connectivity index (χ0) is 36.8. The number of carbonyl (C=O) groups excluding carboxylic acids is 2. The zero-order valence-electron chi connectivity index (χ0n) is 24.8. The van der Waals surface area contributed by atoms with E-state index < -0.39 is 97.8 Å². The van der Waals surface area contributed by atoms with Crippen LogP contribution in [-0.4, -0.2) is 57.5 Å². The van der Waals surface area contributed by atoms with Gasteiger partial charge in [0, 0.05) is 11.3 Å². The zero-order valence-corrected chi connectivity index (χ0v) is 24.8. The maximum atomic E-state index is 14.8. The lowest BCUT2D eigenvalue weighted by molar-refractivity contribution is -0.288. The van der Waals surface area contributed by atoms with Crippen LogP contribution in [0.4, 0.5) is 45.2 Å². The predicted octanol–water partition coefficient (Wildman–Crippen LogP) is 7.28. The van der Waals surface area contributed by atoms with Crippen molar-refractivity contribution in [1.29, 1.82) is 0 Å². The summed E-state index contributed by atoms with van der Waals surface area (Å²) in [5, 5.41) is 31.1. The molecule has 0 radical (unpaired) electrons. The minimum absolute atomic E-state index is 0.0223. The molecule has 0 saturated carbocycles. The number of rotatable bonds is 9. The van der Waals surface area contributed by atoms with Crippen LogP contribution in [0.1, 0.15) is 84.5 Å². The maximum absolute atomic E-state index is 14.8. The molecule has 0 bridgehead atoms. The van der Waals surface area contributed by atoms with Gasteiger partial charge in [-0.1, -0.05) is 25.1 Å². The molecule has 258 valence electrons. The number of hydrogen-bond donors (Lipinski definition) is 4. The number of aliphatic hydroxyl groups is 1. The van der Waals surface area contributed by atoms with Gasteiger partial charge >= 0.3 is 30.5 Å². The molecule has 0 aliphatic rings. The Balaban J connectivity index is 2.35. The van der Waals surface area contributed by atoms with Crippen molar-refractivity contribution in [3.8, 4) is 0 Å². The van der Waals surface area contributed by atoms with Gasteiger partial charge in [0.1, 0.15) is 0 Å². The highest BCUT2D eigenvalue weighted by molar-refractivity contribution is 6.11. The Morgan fingerprint density at radius 3 is 1.52 bits per heavy atom. The summed E-state index contributed by atoms with van der Waals surface area (Å²) >= 11 is 0. The summed E-state index contributed by atoms with van der Waals surface area (Å²) < 4.78 is 130. The quantitative estimate of drug-likeness (QED) is 0.136. The van der Waals surface area contributed by atoms with E-state index in [-0.39, 0.29) is 42.3 Å². The topological polar surface area (TPSA) is 141 Å². The number of ketones is 1. The van der Waals surface area contributed by atoms with E-state index in [1.54, 1.807) is 0 Å². The molecule has 0 aliphatic carbocycles. The number of hydrogen-bond acceptors (Lipinski definition) is 5. The van der Waals surface area contributed by atoms with E-state index in [1.165, 1.54) is 6.92 Å². The molecule has 8 nitrogen and oxygen atoms in total. The number of anilines is 1. The molecule has 0 saturated heterocycles. The standard InChI is InChI=1S/C31H24F9NO7/c1-4-15-5-8-18(13-23(15)27(3,48)29(32,33)34)41-24(43)22-12-17(7-10-20(22)26(46)47)28(30(35,36)37,31(38,39)40)16-6-9-19(25(44)45)21(11-16)14(2)42/h5-13,48H,4H2,1-3H3,(H,41,43)(H,44,45)(H,46,47). The van der Waals surface area contributed by atoms with Gasteiger partial charge in [0.2, 0.25) is 5.41 Å². The Hall–Kier alpha value is -4.93.